The minimum atomic E-state index is 0.226. The molecule has 0 bridgehead atoms. The Morgan fingerprint density at radius 3 is 2.84 bits per heavy atom. The van der Waals surface area contributed by atoms with Crippen molar-refractivity contribution >= 4 is 17.3 Å². The average molecular weight is 278 g/mol. The summed E-state index contributed by atoms with van der Waals surface area (Å²) < 4.78 is 2.18. The summed E-state index contributed by atoms with van der Waals surface area (Å²) in [6.45, 7) is 9.45. The monoisotopic (exact) mass is 278 g/mol. The van der Waals surface area contributed by atoms with E-state index < -0.39 is 0 Å². The van der Waals surface area contributed by atoms with Gasteiger partial charge in [-0.15, -0.1) is 11.3 Å². The molecule has 0 saturated heterocycles. The van der Waals surface area contributed by atoms with Crippen LogP contribution in [0.5, 0.6) is 0 Å². The lowest BCUT2D eigenvalue weighted by Gasteiger charge is -2.14. The first-order valence-electron chi connectivity index (χ1n) is 6.83. The van der Waals surface area contributed by atoms with Gasteiger partial charge in [0.15, 0.2) is 0 Å². The van der Waals surface area contributed by atoms with Crippen molar-refractivity contribution in [2.24, 2.45) is 0 Å². The Morgan fingerprint density at radius 2 is 2.21 bits per heavy atom. The van der Waals surface area contributed by atoms with Gasteiger partial charge in [-0.25, -0.2) is 9.97 Å². The number of nitrogens with zero attached hydrogens (tertiary/aromatic N) is 3. The van der Waals surface area contributed by atoms with Gasteiger partial charge < -0.3 is 9.88 Å². The largest absolute Gasteiger partial charge is 0.356 e. The molecule has 2 heterocycles. The van der Waals surface area contributed by atoms with Crippen LogP contribution in [-0.2, 0) is 0 Å². The molecule has 19 heavy (non-hydrogen) atoms. The van der Waals surface area contributed by atoms with Crippen molar-refractivity contribution in [1.29, 1.82) is 0 Å². The van der Waals surface area contributed by atoms with E-state index >= 15 is 0 Å². The Morgan fingerprint density at radius 1 is 1.42 bits per heavy atom. The maximum Gasteiger partial charge on any atom is 0.203 e. The van der Waals surface area contributed by atoms with Gasteiger partial charge in [-0.05, 0) is 27.2 Å². The second-order valence-electron chi connectivity index (χ2n) is 4.88. The van der Waals surface area contributed by atoms with Gasteiger partial charge >= 0.3 is 0 Å². The molecule has 4 nitrogen and oxygen atoms in total. The number of nitrogens with one attached hydrogen (secondary N) is 1. The molecule has 1 atom stereocenters. The zero-order chi connectivity index (χ0) is 13.8. The lowest BCUT2D eigenvalue weighted by molar-refractivity contribution is 0.636. The Balaban J connectivity index is 2.18. The first kappa shape index (κ1) is 14.1. The third-order valence-corrected chi connectivity index (χ3v) is 4.16. The molecule has 0 aromatic carbocycles. The molecule has 0 aliphatic heterocycles. The van der Waals surface area contributed by atoms with Crippen LogP contribution in [0.1, 0.15) is 48.3 Å². The fourth-order valence-electron chi connectivity index (χ4n) is 2.00. The first-order chi connectivity index (χ1) is 9.11. The van der Waals surface area contributed by atoms with Crippen LogP contribution in [0.4, 0.5) is 5.95 Å². The third-order valence-electron chi connectivity index (χ3n) is 3.08. The Kier molecular flexibility index (Phi) is 4.58. The number of aryl methyl sites for hydroxylation is 2. The highest BCUT2D eigenvalue weighted by Crippen LogP contribution is 2.26. The first-order valence-corrected chi connectivity index (χ1v) is 7.65. The second-order valence-corrected chi connectivity index (χ2v) is 6.14. The Hall–Kier alpha value is -1.36. The predicted octanol–water partition coefficient (Wildman–Crippen LogP) is 3.78. The number of thiazole rings is 1. The molecule has 0 fully saturated rings. The summed E-state index contributed by atoms with van der Waals surface area (Å²) >= 11 is 1.75. The Labute approximate surface area is 118 Å². The minimum absolute atomic E-state index is 0.226. The maximum atomic E-state index is 4.56. The van der Waals surface area contributed by atoms with E-state index in [2.05, 4.69) is 46.8 Å². The van der Waals surface area contributed by atoms with Crippen LogP contribution in [0.15, 0.2) is 12.4 Å². The molecule has 0 aliphatic carbocycles. The summed E-state index contributed by atoms with van der Waals surface area (Å²) in [5.41, 5.74) is 1.04. The molecule has 2 aromatic rings. The van der Waals surface area contributed by atoms with Crippen LogP contribution < -0.4 is 5.32 Å². The summed E-state index contributed by atoms with van der Waals surface area (Å²) in [7, 11) is 0. The number of rotatable bonds is 6. The number of hydrogen-bond donors (Lipinski definition) is 1. The highest BCUT2D eigenvalue weighted by Gasteiger charge is 2.16. The number of aromatic nitrogens is 3. The van der Waals surface area contributed by atoms with Crippen LogP contribution in [0.25, 0.3) is 0 Å². The number of anilines is 1. The van der Waals surface area contributed by atoms with Crippen LogP contribution in [-0.4, -0.2) is 21.1 Å². The topological polar surface area (TPSA) is 42.7 Å². The van der Waals surface area contributed by atoms with Gasteiger partial charge in [0.05, 0.1) is 11.7 Å². The molecule has 0 radical (unpaired) electrons. The van der Waals surface area contributed by atoms with E-state index in [9.17, 15) is 0 Å². The number of hydrogen-bond acceptors (Lipinski definition) is 4. The van der Waals surface area contributed by atoms with Crippen molar-refractivity contribution < 1.29 is 0 Å². The van der Waals surface area contributed by atoms with E-state index in [0.29, 0.717) is 0 Å². The summed E-state index contributed by atoms with van der Waals surface area (Å²) in [4.78, 5) is 10.3. The molecule has 1 N–H and O–H groups in total. The number of imidazole rings is 1. The quantitative estimate of drug-likeness (QED) is 0.818. The van der Waals surface area contributed by atoms with E-state index in [-0.39, 0.29) is 6.04 Å². The van der Waals surface area contributed by atoms with E-state index in [1.54, 1.807) is 11.3 Å². The molecule has 5 heteroatoms. The molecular weight excluding hydrogens is 256 g/mol. The van der Waals surface area contributed by atoms with Crippen molar-refractivity contribution in [1.82, 2.24) is 14.5 Å². The van der Waals surface area contributed by atoms with Crippen LogP contribution in [0.2, 0.25) is 0 Å². The fraction of sp³-hybridized carbons (Fsp3) is 0.571. The highest BCUT2D eigenvalue weighted by molar-refractivity contribution is 7.11. The molecule has 0 spiro atoms. The summed E-state index contributed by atoms with van der Waals surface area (Å²) in [5, 5.41) is 4.55. The molecule has 0 aliphatic rings. The number of unbranched alkanes of at least 4 members (excludes halogenated alkanes) is 1. The van der Waals surface area contributed by atoms with E-state index in [1.807, 2.05) is 13.1 Å². The van der Waals surface area contributed by atoms with Crippen molar-refractivity contribution in [2.75, 3.05) is 11.9 Å². The van der Waals surface area contributed by atoms with Gasteiger partial charge in [0, 0.05) is 23.8 Å². The molecule has 0 saturated carbocycles. The molecule has 1 unspecified atom stereocenters. The van der Waals surface area contributed by atoms with Crippen molar-refractivity contribution in [3.63, 3.8) is 0 Å². The smallest absolute Gasteiger partial charge is 0.203 e. The zero-order valence-electron chi connectivity index (χ0n) is 12.1. The van der Waals surface area contributed by atoms with Gasteiger partial charge in [0.25, 0.3) is 0 Å². The molecule has 0 amide bonds. The van der Waals surface area contributed by atoms with Gasteiger partial charge in [-0.2, -0.15) is 0 Å². The van der Waals surface area contributed by atoms with Crippen molar-refractivity contribution in [3.05, 3.63) is 28.0 Å². The van der Waals surface area contributed by atoms with E-state index in [4.69, 9.17) is 0 Å². The van der Waals surface area contributed by atoms with Gasteiger partial charge in [-0.1, -0.05) is 13.3 Å². The molecular formula is C14H22N4S. The Bertz CT molecular complexity index is 529. The normalized spacial score (nSPS) is 12.6. The fourth-order valence-corrected chi connectivity index (χ4v) is 2.83. The van der Waals surface area contributed by atoms with Crippen molar-refractivity contribution in [3.8, 4) is 0 Å². The highest BCUT2D eigenvalue weighted by atomic mass is 32.1. The summed E-state index contributed by atoms with van der Waals surface area (Å²) in [5.74, 6) is 0.950. The second kappa shape index (κ2) is 6.19. The summed E-state index contributed by atoms with van der Waals surface area (Å²) in [6.07, 6.45) is 6.38. The van der Waals surface area contributed by atoms with Crippen LogP contribution in [0.3, 0.4) is 0 Å². The van der Waals surface area contributed by atoms with E-state index in [1.165, 1.54) is 11.3 Å². The molecule has 2 rings (SSSR count). The van der Waals surface area contributed by atoms with Crippen LogP contribution >= 0.6 is 11.3 Å². The predicted molar refractivity (Wildman–Crippen MR) is 81.0 cm³/mol. The van der Waals surface area contributed by atoms with E-state index in [0.717, 1.165) is 29.6 Å². The lowest BCUT2D eigenvalue weighted by atomic mass is 10.3. The summed E-state index contributed by atoms with van der Waals surface area (Å²) in [6, 6.07) is 0.226. The van der Waals surface area contributed by atoms with Gasteiger partial charge in [-0.3, -0.25) is 0 Å². The molecule has 104 valence electrons. The van der Waals surface area contributed by atoms with Crippen molar-refractivity contribution in [2.45, 2.75) is 46.6 Å². The zero-order valence-corrected chi connectivity index (χ0v) is 12.9. The lowest BCUT2D eigenvalue weighted by Crippen LogP contribution is -2.12. The minimum Gasteiger partial charge on any atom is -0.356 e. The van der Waals surface area contributed by atoms with Gasteiger partial charge in [0.2, 0.25) is 5.95 Å². The average Bonchev–Trinajstić information content (AvgIpc) is 2.95. The van der Waals surface area contributed by atoms with Gasteiger partial charge in [0.1, 0.15) is 5.01 Å². The third kappa shape index (κ3) is 3.35. The molecule has 2 aromatic heterocycles. The maximum absolute atomic E-state index is 4.56. The SMILES string of the molecule is CCCCNc1nc(C)cn1C(C)c1ncc(C)s1. The standard InChI is InChI=1S/C14H22N4S/c1-5-6-7-15-14-17-10(2)9-18(14)12(4)13-16-8-11(3)19-13/h8-9,12H,5-7H2,1-4H3,(H,15,17). The van der Waals surface area contributed by atoms with Crippen LogP contribution in [0, 0.1) is 13.8 Å².